The first kappa shape index (κ1) is 12.3. The largest absolute Gasteiger partial charge is 0.471 e. The SMILES string of the molecule is C[C@@H]1CN(C)CC[C@H]1NC(=O)C(F)(F)F. The van der Waals surface area contributed by atoms with E-state index in [1.54, 1.807) is 0 Å². The molecule has 1 heterocycles. The van der Waals surface area contributed by atoms with Gasteiger partial charge in [0.2, 0.25) is 0 Å². The molecule has 0 radical (unpaired) electrons. The predicted octanol–water partition coefficient (Wildman–Crippen LogP) is 1.01. The number of carbonyl (C=O) groups excluding carboxylic acids is 1. The summed E-state index contributed by atoms with van der Waals surface area (Å²) in [5, 5.41) is 2.04. The van der Waals surface area contributed by atoms with Crippen LogP contribution in [0.2, 0.25) is 0 Å². The highest BCUT2D eigenvalue weighted by Gasteiger charge is 2.40. The Balaban J connectivity index is 2.49. The Kier molecular flexibility index (Phi) is 3.59. The number of carbonyl (C=O) groups is 1. The van der Waals surface area contributed by atoms with Crippen LogP contribution >= 0.6 is 0 Å². The van der Waals surface area contributed by atoms with Gasteiger partial charge in [0.05, 0.1) is 0 Å². The predicted molar refractivity (Wildman–Crippen MR) is 49.3 cm³/mol. The Morgan fingerprint density at radius 1 is 1.47 bits per heavy atom. The van der Waals surface area contributed by atoms with E-state index in [0.29, 0.717) is 19.5 Å². The van der Waals surface area contributed by atoms with Crippen molar-refractivity contribution in [3.05, 3.63) is 0 Å². The third-order valence-corrected chi connectivity index (χ3v) is 2.68. The molecule has 1 aliphatic rings. The van der Waals surface area contributed by atoms with Gasteiger partial charge in [-0.3, -0.25) is 4.79 Å². The summed E-state index contributed by atoms with van der Waals surface area (Å²) in [5.74, 6) is -1.78. The van der Waals surface area contributed by atoms with E-state index in [2.05, 4.69) is 0 Å². The number of rotatable bonds is 1. The second-order valence-corrected chi connectivity index (χ2v) is 4.11. The zero-order valence-corrected chi connectivity index (χ0v) is 8.77. The molecule has 1 N–H and O–H groups in total. The zero-order chi connectivity index (χ0) is 11.6. The lowest BCUT2D eigenvalue weighted by molar-refractivity contribution is -0.175. The topological polar surface area (TPSA) is 32.3 Å². The van der Waals surface area contributed by atoms with Crippen LogP contribution in [-0.4, -0.2) is 43.2 Å². The first-order valence-electron chi connectivity index (χ1n) is 4.87. The van der Waals surface area contributed by atoms with Gasteiger partial charge in [0, 0.05) is 12.6 Å². The highest BCUT2D eigenvalue weighted by Crippen LogP contribution is 2.19. The number of halogens is 3. The molecule has 0 aromatic rings. The molecule has 1 rings (SSSR count). The quantitative estimate of drug-likeness (QED) is 0.720. The molecule has 2 atom stereocenters. The van der Waals surface area contributed by atoms with E-state index in [0.717, 1.165) is 0 Å². The zero-order valence-electron chi connectivity index (χ0n) is 8.77. The fraction of sp³-hybridized carbons (Fsp3) is 0.889. The number of nitrogens with zero attached hydrogens (tertiary/aromatic N) is 1. The molecule has 6 heteroatoms. The highest BCUT2D eigenvalue weighted by molar-refractivity contribution is 5.81. The molecular weight excluding hydrogens is 209 g/mol. The van der Waals surface area contributed by atoms with E-state index >= 15 is 0 Å². The molecule has 1 saturated heterocycles. The number of piperidine rings is 1. The Hall–Kier alpha value is -0.780. The van der Waals surface area contributed by atoms with E-state index in [1.165, 1.54) is 0 Å². The Labute approximate surface area is 86.6 Å². The molecule has 3 nitrogen and oxygen atoms in total. The van der Waals surface area contributed by atoms with Crippen molar-refractivity contribution in [2.24, 2.45) is 5.92 Å². The molecule has 1 aliphatic heterocycles. The lowest BCUT2D eigenvalue weighted by Crippen LogP contribution is -2.51. The van der Waals surface area contributed by atoms with Crippen LogP contribution in [0.5, 0.6) is 0 Å². The molecule has 1 amide bonds. The van der Waals surface area contributed by atoms with E-state index in [1.807, 2.05) is 24.2 Å². The highest BCUT2D eigenvalue weighted by atomic mass is 19.4. The molecule has 1 fully saturated rings. The van der Waals surface area contributed by atoms with Crippen molar-refractivity contribution in [3.63, 3.8) is 0 Å². The molecule has 15 heavy (non-hydrogen) atoms. The first-order valence-corrected chi connectivity index (χ1v) is 4.87. The van der Waals surface area contributed by atoms with Crippen molar-refractivity contribution in [1.29, 1.82) is 0 Å². The van der Waals surface area contributed by atoms with Crippen molar-refractivity contribution in [1.82, 2.24) is 10.2 Å². The average Bonchev–Trinajstić information content (AvgIpc) is 2.08. The molecule has 0 saturated carbocycles. The van der Waals surface area contributed by atoms with Crippen LogP contribution in [0.3, 0.4) is 0 Å². The van der Waals surface area contributed by atoms with Gasteiger partial charge in [-0.1, -0.05) is 6.92 Å². The fourth-order valence-electron chi connectivity index (χ4n) is 1.82. The minimum atomic E-state index is -4.77. The third kappa shape index (κ3) is 3.37. The van der Waals surface area contributed by atoms with Gasteiger partial charge in [-0.2, -0.15) is 13.2 Å². The Bertz CT molecular complexity index is 242. The summed E-state index contributed by atoms with van der Waals surface area (Å²) in [5.41, 5.74) is 0. The number of alkyl halides is 3. The number of likely N-dealkylation sites (tertiary alicyclic amines) is 1. The normalized spacial score (nSPS) is 28.9. The molecule has 88 valence electrons. The van der Waals surface area contributed by atoms with Crippen LogP contribution in [0.1, 0.15) is 13.3 Å². The number of hydrogen-bond donors (Lipinski definition) is 1. The molecule has 0 spiro atoms. The second-order valence-electron chi connectivity index (χ2n) is 4.11. The molecule has 0 aromatic heterocycles. The number of hydrogen-bond acceptors (Lipinski definition) is 2. The van der Waals surface area contributed by atoms with E-state index in [-0.39, 0.29) is 12.0 Å². The van der Waals surface area contributed by atoms with Gasteiger partial charge >= 0.3 is 12.1 Å². The molecular formula is C9H15F3N2O. The lowest BCUT2D eigenvalue weighted by Gasteiger charge is -2.35. The van der Waals surface area contributed by atoms with E-state index < -0.39 is 12.1 Å². The van der Waals surface area contributed by atoms with Crippen LogP contribution in [0.4, 0.5) is 13.2 Å². The van der Waals surface area contributed by atoms with Gasteiger partial charge in [-0.05, 0) is 25.9 Å². The van der Waals surface area contributed by atoms with Crippen LogP contribution in [-0.2, 0) is 4.79 Å². The Morgan fingerprint density at radius 3 is 2.53 bits per heavy atom. The minimum Gasteiger partial charge on any atom is -0.345 e. The summed E-state index contributed by atoms with van der Waals surface area (Å²) in [4.78, 5) is 12.8. The van der Waals surface area contributed by atoms with Crippen molar-refractivity contribution in [2.45, 2.75) is 25.6 Å². The van der Waals surface area contributed by atoms with Crippen LogP contribution < -0.4 is 5.32 Å². The average molecular weight is 224 g/mol. The molecule has 0 bridgehead atoms. The summed E-state index contributed by atoms with van der Waals surface area (Å²) in [6, 6.07) is -0.365. The minimum absolute atomic E-state index is 0.0510. The van der Waals surface area contributed by atoms with Crippen LogP contribution in [0, 0.1) is 5.92 Å². The third-order valence-electron chi connectivity index (χ3n) is 2.68. The molecule has 0 unspecified atom stereocenters. The number of nitrogens with one attached hydrogen (secondary N) is 1. The van der Waals surface area contributed by atoms with Gasteiger partial charge in [0.25, 0.3) is 0 Å². The maximum absolute atomic E-state index is 12.0. The van der Waals surface area contributed by atoms with Crippen LogP contribution in [0.15, 0.2) is 0 Å². The summed E-state index contributed by atoms with van der Waals surface area (Å²) >= 11 is 0. The van der Waals surface area contributed by atoms with Gasteiger partial charge in [0.1, 0.15) is 0 Å². The van der Waals surface area contributed by atoms with Gasteiger partial charge in [-0.15, -0.1) is 0 Å². The number of amides is 1. The monoisotopic (exact) mass is 224 g/mol. The van der Waals surface area contributed by atoms with E-state index in [4.69, 9.17) is 0 Å². The maximum Gasteiger partial charge on any atom is 0.471 e. The van der Waals surface area contributed by atoms with Gasteiger partial charge in [0.15, 0.2) is 0 Å². The molecule has 0 aromatic carbocycles. The fourth-order valence-corrected chi connectivity index (χ4v) is 1.82. The molecule has 0 aliphatic carbocycles. The van der Waals surface area contributed by atoms with Crippen molar-refractivity contribution < 1.29 is 18.0 Å². The van der Waals surface area contributed by atoms with Crippen LogP contribution in [0.25, 0.3) is 0 Å². The summed E-state index contributed by atoms with van der Waals surface area (Å²) in [6.07, 6.45) is -4.21. The van der Waals surface area contributed by atoms with Crippen molar-refractivity contribution in [2.75, 3.05) is 20.1 Å². The second kappa shape index (κ2) is 4.38. The van der Waals surface area contributed by atoms with Crippen molar-refractivity contribution >= 4 is 5.91 Å². The maximum atomic E-state index is 12.0. The standard InChI is InChI=1S/C9H15F3N2O/c1-6-5-14(2)4-3-7(6)13-8(15)9(10,11)12/h6-7H,3-5H2,1-2H3,(H,13,15)/t6-,7-/m1/s1. The van der Waals surface area contributed by atoms with E-state index in [9.17, 15) is 18.0 Å². The Morgan fingerprint density at radius 2 is 2.07 bits per heavy atom. The lowest BCUT2D eigenvalue weighted by atomic mass is 9.94. The van der Waals surface area contributed by atoms with Crippen molar-refractivity contribution in [3.8, 4) is 0 Å². The first-order chi connectivity index (χ1) is 6.80. The smallest absolute Gasteiger partial charge is 0.345 e. The summed E-state index contributed by atoms with van der Waals surface area (Å²) in [6.45, 7) is 3.27. The summed E-state index contributed by atoms with van der Waals surface area (Å²) in [7, 11) is 1.91. The summed E-state index contributed by atoms with van der Waals surface area (Å²) < 4.78 is 36.0. The van der Waals surface area contributed by atoms with Gasteiger partial charge in [-0.25, -0.2) is 0 Å². The van der Waals surface area contributed by atoms with Gasteiger partial charge < -0.3 is 10.2 Å².